The molecule has 81 heavy (non-hydrogen) atoms. The van der Waals surface area contributed by atoms with Crippen LogP contribution in [0, 0.1) is 0 Å². The van der Waals surface area contributed by atoms with E-state index in [1.54, 1.807) is 0 Å². The Morgan fingerprint density at radius 3 is 0.741 bits per heavy atom. The lowest BCUT2D eigenvalue weighted by Crippen LogP contribution is -2.30. The minimum Gasteiger partial charge on any atom is -0.462 e. The Morgan fingerprint density at radius 1 is 0.247 bits per heavy atom. The Balaban J connectivity index is 4.24. The molecule has 0 heterocycles. The Hall–Kier alpha value is -3.41. The quantitative estimate of drug-likeness (QED) is 0.0261. The zero-order valence-corrected chi connectivity index (χ0v) is 53.8. The highest BCUT2D eigenvalue weighted by atomic mass is 16.6. The average Bonchev–Trinajstić information content (AvgIpc) is 3.47. The van der Waals surface area contributed by atoms with Gasteiger partial charge in [0, 0.05) is 19.3 Å². The van der Waals surface area contributed by atoms with Gasteiger partial charge in [-0.3, -0.25) is 14.4 Å². The van der Waals surface area contributed by atoms with Crippen LogP contribution in [0.5, 0.6) is 0 Å². The molecule has 0 aliphatic heterocycles. The summed E-state index contributed by atoms with van der Waals surface area (Å²) in [4.78, 5) is 38.4. The first kappa shape index (κ1) is 77.6. The van der Waals surface area contributed by atoms with E-state index in [9.17, 15) is 14.4 Å². The summed E-state index contributed by atoms with van der Waals surface area (Å²) in [5.74, 6) is -0.881. The number of ether oxygens (including phenoxy) is 3. The number of carbonyl (C=O) groups excluding carboxylic acids is 3. The van der Waals surface area contributed by atoms with E-state index in [1.165, 1.54) is 225 Å². The fourth-order valence-electron chi connectivity index (χ4n) is 10.0. The number of unbranched alkanes of at least 4 members (excludes halogenated alkanes) is 39. The predicted octanol–water partition coefficient (Wildman–Crippen LogP) is 24.2. The topological polar surface area (TPSA) is 78.9 Å². The third-order valence-corrected chi connectivity index (χ3v) is 15.3. The van der Waals surface area contributed by atoms with Crippen LogP contribution < -0.4 is 0 Å². The van der Waals surface area contributed by atoms with Crippen LogP contribution in [0.2, 0.25) is 0 Å². The average molecular weight is 1130 g/mol. The van der Waals surface area contributed by atoms with Gasteiger partial charge in [0.05, 0.1) is 0 Å². The van der Waals surface area contributed by atoms with E-state index in [0.29, 0.717) is 19.3 Å². The fourth-order valence-corrected chi connectivity index (χ4v) is 10.0. The van der Waals surface area contributed by atoms with Gasteiger partial charge in [0.25, 0.3) is 0 Å². The van der Waals surface area contributed by atoms with Crippen LogP contribution in [-0.2, 0) is 28.6 Å². The van der Waals surface area contributed by atoms with E-state index in [-0.39, 0.29) is 31.1 Å². The van der Waals surface area contributed by atoms with Crippen LogP contribution >= 0.6 is 0 Å². The van der Waals surface area contributed by atoms with Crippen molar-refractivity contribution in [2.45, 2.75) is 361 Å². The minimum absolute atomic E-state index is 0.0800. The molecule has 0 N–H and O–H groups in total. The molecule has 1 unspecified atom stereocenters. The summed E-state index contributed by atoms with van der Waals surface area (Å²) in [5.41, 5.74) is 0. The standard InChI is InChI=1S/C75H132O6/c1-4-7-10-13-16-19-22-24-26-28-30-32-34-36-37-39-40-42-44-46-48-50-53-56-59-62-65-68-74(77)80-71-72(70-79-73(76)67-64-61-58-55-52-21-18-15-12-9-6-3)81-75(78)69-66-63-60-57-54-51-49-47-45-43-41-38-35-33-31-29-27-25-23-20-17-14-11-8-5-2/h15,18,22-25,28-31,34-36,38,72H,4-14,16-17,19-21,26-27,32-33,37,39-71H2,1-3H3/b18-15-,24-22-,25-23-,30-28-,31-29-,36-34-,38-35-. The summed E-state index contributed by atoms with van der Waals surface area (Å²) in [6.45, 7) is 6.61. The molecule has 0 amide bonds. The van der Waals surface area contributed by atoms with Crippen LogP contribution in [0.15, 0.2) is 85.1 Å². The molecule has 0 radical (unpaired) electrons. The second-order valence-corrected chi connectivity index (χ2v) is 23.4. The molecule has 0 aromatic carbocycles. The second kappa shape index (κ2) is 69.1. The molecule has 1 atom stereocenters. The highest BCUT2D eigenvalue weighted by Gasteiger charge is 2.19. The Morgan fingerprint density at radius 2 is 0.457 bits per heavy atom. The van der Waals surface area contributed by atoms with E-state index in [1.807, 2.05) is 0 Å². The maximum absolute atomic E-state index is 12.9. The number of hydrogen-bond donors (Lipinski definition) is 0. The molecule has 0 aliphatic rings. The van der Waals surface area contributed by atoms with Gasteiger partial charge in [-0.05, 0) is 116 Å². The lowest BCUT2D eigenvalue weighted by atomic mass is 10.0. The predicted molar refractivity (Wildman–Crippen MR) is 353 cm³/mol. The van der Waals surface area contributed by atoms with Gasteiger partial charge in [-0.15, -0.1) is 0 Å². The van der Waals surface area contributed by atoms with Crippen molar-refractivity contribution in [3.8, 4) is 0 Å². The second-order valence-electron chi connectivity index (χ2n) is 23.4. The van der Waals surface area contributed by atoms with Gasteiger partial charge in [-0.2, -0.15) is 0 Å². The van der Waals surface area contributed by atoms with Crippen LogP contribution in [0.3, 0.4) is 0 Å². The van der Waals surface area contributed by atoms with Crippen molar-refractivity contribution in [1.82, 2.24) is 0 Å². The third kappa shape index (κ3) is 67.3. The Bertz CT molecular complexity index is 1530. The number of rotatable bonds is 64. The smallest absolute Gasteiger partial charge is 0.306 e. The molecule has 6 nitrogen and oxygen atoms in total. The summed E-state index contributed by atoms with van der Waals surface area (Å²) in [6.07, 6.45) is 91.8. The highest BCUT2D eigenvalue weighted by molar-refractivity contribution is 5.71. The van der Waals surface area contributed by atoms with Gasteiger partial charge in [-0.25, -0.2) is 0 Å². The maximum atomic E-state index is 12.9. The lowest BCUT2D eigenvalue weighted by molar-refractivity contribution is -0.167. The van der Waals surface area contributed by atoms with Crippen molar-refractivity contribution in [1.29, 1.82) is 0 Å². The van der Waals surface area contributed by atoms with Crippen molar-refractivity contribution in [2.75, 3.05) is 13.2 Å². The highest BCUT2D eigenvalue weighted by Crippen LogP contribution is 2.17. The summed E-state index contributed by atoms with van der Waals surface area (Å²) >= 11 is 0. The number of allylic oxidation sites excluding steroid dienone is 14. The molecule has 0 spiro atoms. The maximum Gasteiger partial charge on any atom is 0.306 e. The van der Waals surface area contributed by atoms with Gasteiger partial charge in [0.2, 0.25) is 0 Å². The zero-order valence-electron chi connectivity index (χ0n) is 53.8. The molecule has 0 aromatic rings. The Kier molecular flexibility index (Phi) is 66.2. The van der Waals surface area contributed by atoms with Crippen LogP contribution in [0.4, 0.5) is 0 Å². The molecular formula is C75H132O6. The van der Waals surface area contributed by atoms with Gasteiger partial charge >= 0.3 is 17.9 Å². The number of carbonyl (C=O) groups is 3. The number of hydrogen-bond acceptors (Lipinski definition) is 6. The lowest BCUT2D eigenvalue weighted by Gasteiger charge is -2.18. The number of esters is 3. The monoisotopic (exact) mass is 1130 g/mol. The SMILES string of the molecule is CCCC/C=C\CCCCCCCC(=O)OCC(COC(=O)CCCCCCCCCCCCCC/C=C\C/C=C\C/C=C\CCCCCCC)OC(=O)CCCCCCCCCCCC/C=C\C/C=C\C/C=C\CCCCCCC. The van der Waals surface area contributed by atoms with E-state index in [0.717, 1.165) is 89.9 Å². The van der Waals surface area contributed by atoms with E-state index in [2.05, 4.69) is 106 Å². The zero-order chi connectivity index (χ0) is 58.5. The first-order valence-corrected chi connectivity index (χ1v) is 35.1. The van der Waals surface area contributed by atoms with Crippen molar-refractivity contribution in [2.24, 2.45) is 0 Å². The molecule has 0 aromatic heterocycles. The summed E-state index contributed by atoms with van der Waals surface area (Å²) < 4.78 is 16.9. The van der Waals surface area contributed by atoms with Crippen molar-refractivity contribution in [3.05, 3.63) is 85.1 Å². The fraction of sp³-hybridized carbons (Fsp3) is 0.773. The summed E-state index contributed by atoms with van der Waals surface area (Å²) in [7, 11) is 0. The molecule has 0 aliphatic carbocycles. The van der Waals surface area contributed by atoms with E-state index >= 15 is 0 Å². The molecule has 0 saturated carbocycles. The van der Waals surface area contributed by atoms with Crippen molar-refractivity contribution < 1.29 is 28.6 Å². The molecule has 0 saturated heterocycles. The van der Waals surface area contributed by atoms with Gasteiger partial charge in [0.1, 0.15) is 13.2 Å². The largest absolute Gasteiger partial charge is 0.462 e. The van der Waals surface area contributed by atoms with Gasteiger partial charge in [-0.1, -0.05) is 305 Å². The molecule has 468 valence electrons. The molecule has 0 bridgehead atoms. The minimum atomic E-state index is -0.784. The molecular weight excluding hydrogens is 997 g/mol. The van der Waals surface area contributed by atoms with Crippen LogP contribution in [0.1, 0.15) is 355 Å². The normalized spacial score (nSPS) is 12.6. The first-order chi connectivity index (χ1) is 40.0. The summed E-state index contributed by atoms with van der Waals surface area (Å²) in [5, 5.41) is 0. The van der Waals surface area contributed by atoms with Crippen LogP contribution in [0.25, 0.3) is 0 Å². The van der Waals surface area contributed by atoms with Crippen molar-refractivity contribution in [3.63, 3.8) is 0 Å². The van der Waals surface area contributed by atoms with Gasteiger partial charge in [0.15, 0.2) is 6.10 Å². The first-order valence-electron chi connectivity index (χ1n) is 35.1. The van der Waals surface area contributed by atoms with Crippen molar-refractivity contribution >= 4 is 17.9 Å². The van der Waals surface area contributed by atoms with E-state index < -0.39 is 6.10 Å². The third-order valence-electron chi connectivity index (χ3n) is 15.3. The van der Waals surface area contributed by atoms with Crippen LogP contribution in [-0.4, -0.2) is 37.2 Å². The van der Waals surface area contributed by atoms with E-state index in [4.69, 9.17) is 14.2 Å². The molecule has 6 heteroatoms. The molecule has 0 rings (SSSR count). The summed E-state index contributed by atoms with van der Waals surface area (Å²) in [6, 6.07) is 0. The molecule has 0 fully saturated rings. The Labute approximate surface area is 503 Å². The van der Waals surface area contributed by atoms with Gasteiger partial charge < -0.3 is 14.2 Å².